The first-order valence-electron chi connectivity index (χ1n) is 9.53. The van der Waals surface area contributed by atoms with E-state index in [0.717, 1.165) is 22.3 Å². The summed E-state index contributed by atoms with van der Waals surface area (Å²) in [5.41, 5.74) is 3.76. The van der Waals surface area contributed by atoms with Crippen LogP contribution in [0.5, 0.6) is 5.75 Å². The summed E-state index contributed by atoms with van der Waals surface area (Å²) in [6.07, 6.45) is 3.23. The van der Waals surface area contributed by atoms with E-state index in [2.05, 4.69) is 19.9 Å². The number of hydrogen-bond donors (Lipinski definition) is 1. The van der Waals surface area contributed by atoms with Gasteiger partial charge in [0.05, 0.1) is 29.5 Å². The Kier molecular flexibility index (Phi) is 4.39. The maximum absolute atomic E-state index is 13.8. The normalized spacial score (nSPS) is 14.0. The van der Waals surface area contributed by atoms with Gasteiger partial charge in [0.2, 0.25) is 0 Å². The number of carbonyl (C=O) groups is 1. The van der Waals surface area contributed by atoms with Crippen LogP contribution >= 0.6 is 0 Å². The van der Waals surface area contributed by atoms with Gasteiger partial charge in [0, 0.05) is 37.0 Å². The number of nitrogens with zero attached hydrogens (tertiary/aromatic N) is 4. The second-order valence-corrected chi connectivity index (χ2v) is 7.15. The van der Waals surface area contributed by atoms with Crippen LogP contribution in [0.25, 0.3) is 22.3 Å². The van der Waals surface area contributed by atoms with Crippen molar-refractivity contribution in [3.05, 3.63) is 72.2 Å². The summed E-state index contributed by atoms with van der Waals surface area (Å²) < 4.78 is 18.9. The molecule has 0 bridgehead atoms. The van der Waals surface area contributed by atoms with E-state index < -0.39 is 5.82 Å². The van der Waals surface area contributed by atoms with Crippen LogP contribution in [0.1, 0.15) is 22.2 Å². The second-order valence-electron chi connectivity index (χ2n) is 7.15. The van der Waals surface area contributed by atoms with Crippen LogP contribution in [0.4, 0.5) is 4.39 Å². The molecule has 4 aromatic rings. The largest absolute Gasteiger partial charge is 0.494 e. The lowest BCUT2D eigenvalue weighted by Crippen LogP contribution is -2.49. The van der Waals surface area contributed by atoms with Crippen LogP contribution in [0.3, 0.4) is 0 Å². The van der Waals surface area contributed by atoms with Gasteiger partial charge in [0.25, 0.3) is 5.91 Å². The van der Waals surface area contributed by atoms with E-state index in [1.54, 1.807) is 29.4 Å². The lowest BCUT2D eigenvalue weighted by atomic mass is 9.92. The van der Waals surface area contributed by atoms with E-state index in [0.29, 0.717) is 24.6 Å². The molecule has 0 saturated carbocycles. The molecule has 0 aliphatic carbocycles. The number of fused-ring (bicyclic) bond motifs is 1. The highest BCUT2D eigenvalue weighted by molar-refractivity contribution is 5.94. The fraction of sp³-hybridized carbons (Fsp3) is 0.182. The molecular weight excluding hydrogens is 385 g/mol. The third-order valence-electron chi connectivity index (χ3n) is 5.30. The zero-order chi connectivity index (χ0) is 20.7. The molecule has 2 aromatic carbocycles. The zero-order valence-corrected chi connectivity index (χ0v) is 16.2. The zero-order valence-electron chi connectivity index (χ0n) is 16.2. The Morgan fingerprint density at radius 3 is 2.77 bits per heavy atom. The maximum Gasteiger partial charge on any atom is 0.289 e. The Bertz CT molecular complexity index is 1220. The molecule has 150 valence electrons. The van der Waals surface area contributed by atoms with Crippen LogP contribution in [0.15, 0.2) is 54.9 Å². The van der Waals surface area contributed by atoms with Gasteiger partial charge in [-0.3, -0.25) is 14.8 Å². The molecule has 0 unspecified atom stereocenters. The van der Waals surface area contributed by atoms with Crippen molar-refractivity contribution in [3.8, 4) is 17.0 Å². The molecule has 1 aliphatic heterocycles. The number of halogens is 1. The maximum atomic E-state index is 13.8. The van der Waals surface area contributed by atoms with Gasteiger partial charge >= 0.3 is 0 Å². The van der Waals surface area contributed by atoms with Gasteiger partial charge in [0.1, 0.15) is 0 Å². The Morgan fingerprint density at radius 2 is 1.97 bits per heavy atom. The van der Waals surface area contributed by atoms with Gasteiger partial charge in [-0.2, -0.15) is 0 Å². The lowest BCUT2D eigenvalue weighted by molar-refractivity contribution is 0.0587. The van der Waals surface area contributed by atoms with E-state index in [-0.39, 0.29) is 17.6 Å². The van der Waals surface area contributed by atoms with Crippen molar-refractivity contribution in [2.75, 3.05) is 20.2 Å². The topological polar surface area (TPSA) is 84.0 Å². The van der Waals surface area contributed by atoms with Crippen LogP contribution in [-0.4, -0.2) is 50.9 Å². The number of para-hydroxylation sites is 2. The molecule has 1 fully saturated rings. The van der Waals surface area contributed by atoms with E-state index in [4.69, 9.17) is 4.74 Å². The average Bonchev–Trinajstić information content (AvgIpc) is 3.18. The molecule has 5 rings (SSSR count). The van der Waals surface area contributed by atoms with Gasteiger partial charge in [-0.1, -0.05) is 12.1 Å². The van der Waals surface area contributed by atoms with Crippen molar-refractivity contribution < 1.29 is 13.9 Å². The molecule has 1 amide bonds. The monoisotopic (exact) mass is 403 g/mol. The molecule has 0 spiro atoms. The van der Waals surface area contributed by atoms with Crippen LogP contribution in [-0.2, 0) is 0 Å². The minimum Gasteiger partial charge on any atom is -0.494 e. The van der Waals surface area contributed by atoms with Crippen LogP contribution < -0.4 is 4.74 Å². The molecule has 0 atom stereocenters. The van der Waals surface area contributed by atoms with Crippen LogP contribution in [0, 0.1) is 5.82 Å². The second kappa shape index (κ2) is 7.22. The molecule has 2 aromatic heterocycles. The Balaban J connectivity index is 1.37. The molecule has 3 heterocycles. The summed E-state index contributed by atoms with van der Waals surface area (Å²) in [4.78, 5) is 30.9. The van der Waals surface area contributed by atoms with Gasteiger partial charge in [0.15, 0.2) is 17.4 Å². The summed E-state index contributed by atoms with van der Waals surface area (Å²) in [6.45, 7) is 1.03. The summed E-state index contributed by atoms with van der Waals surface area (Å²) >= 11 is 0. The minimum absolute atomic E-state index is 0.0399. The van der Waals surface area contributed by atoms with E-state index in [9.17, 15) is 9.18 Å². The number of rotatable bonds is 4. The number of aromatic nitrogens is 4. The van der Waals surface area contributed by atoms with Crippen LogP contribution in [0.2, 0.25) is 0 Å². The number of methoxy groups -OCH3 is 1. The van der Waals surface area contributed by atoms with Crippen molar-refractivity contribution in [1.29, 1.82) is 0 Å². The Labute approximate surface area is 171 Å². The first-order chi connectivity index (χ1) is 14.6. The van der Waals surface area contributed by atoms with Crippen molar-refractivity contribution >= 4 is 16.9 Å². The Hall–Kier alpha value is -3.81. The predicted molar refractivity (Wildman–Crippen MR) is 109 cm³/mol. The Morgan fingerprint density at radius 1 is 1.17 bits per heavy atom. The molecule has 0 radical (unpaired) electrons. The van der Waals surface area contributed by atoms with E-state index in [1.165, 1.54) is 13.2 Å². The number of benzene rings is 2. The highest BCUT2D eigenvalue weighted by Crippen LogP contribution is 2.34. The first kappa shape index (κ1) is 18.2. The molecule has 1 aliphatic rings. The number of ether oxygens (including phenoxy) is 1. The van der Waals surface area contributed by atoms with Gasteiger partial charge in [-0.05, 0) is 30.3 Å². The highest BCUT2D eigenvalue weighted by Gasteiger charge is 2.36. The third kappa shape index (κ3) is 3.06. The average molecular weight is 403 g/mol. The third-order valence-corrected chi connectivity index (χ3v) is 5.30. The lowest BCUT2D eigenvalue weighted by Gasteiger charge is -2.38. The number of aromatic amines is 1. The van der Waals surface area contributed by atoms with Gasteiger partial charge in [-0.25, -0.2) is 9.37 Å². The van der Waals surface area contributed by atoms with Crippen molar-refractivity contribution in [2.24, 2.45) is 0 Å². The van der Waals surface area contributed by atoms with Crippen molar-refractivity contribution in [3.63, 3.8) is 0 Å². The summed E-state index contributed by atoms with van der Waals surface area (Å²) in [5, 5.41) is 0. The summed E-state index contributed by atoms with van der Waals surface area (Å²) in [7, 11) is 1.42. The fourth-order valence-corrected chi connectivity index (χ4v) is 3.70. The number of imidazole rings is 1. The van der Waals surface area contributed by atoms with E-state index >= 15 is 0 Å². The molecular formula is C22H18FN5O2. The molecule has 8 heteroatoms. The quantitative estimate of drug-likeness (QED) is 0.565. The molecule has 7 nitrogen and oxygen atoms in total. The van der Waals surface area contributed by atoms with Gasteiger partial charge in [-0.15, -0.1) is 0 Å². The predicted octanol–water partition coefficient (Wildman–Crippen LogP) is 3.41. The molecule has 1 saturated heterocycles. The number of carbonyl (C=O) groups excluding carboxylic acids is 1. The van der Waals surface area contributed by atoms with Gasteiger partial charge < -0.3 is 14.6 Å². The minimum atomic E-state index is -0.432. The number of nitrogens with one attached hydrogen (secondary N) is 1. The molecule has 30 heavy (non-hydrogen) atoms. The molecule has 1 N–H and O–H groups in total. The number of amides is 1. The summed E-state index contributed by atoms with van der Waals surface area (Å²) in [6, 6.07) is 12.2. The summed E-state index contributed by atoms with van der Waals surface area (Å²) in [5.74, 6) is -0.0518. The first-order valence-corrected chi connectivity index (χ1v) is 9.53. The highest BCUT2D eigenvalue weighted by atomic mass is 19.1. The van der Waals surface area contributed by atoms with Crippen molar-refractivity contribution in [2.45, 2.75) is 5.92 Å². The smallest absolute Gasteiger partial charge is 0.289 e. The SMILES string of the molecule is COc1cc(-c2nccnc2C2CN(C(=O)c3nc4ccccc4[nH]3)C2)ccc1F. The number of hydrogen-bond acceptors (Lipinski definition) is 5. The fourth-order valence-electron chi connectivity index (χ4n) is 3.70. The van der Waals surface area contributed by atoms with E-state index in [1.807, 2.05) is 24.3 Å². The number of H-pyrrole nitrogens is 1. The standard InChI is InChI=1S/C22H18FN5O2/c1-30-18-10-13(6-7-15(18)23)19-20(25-9-8-24-19)14-11-28(12-14)22(29)21-26-16-4-2-3-5-17(16)27-21/h2-10,14H,11-12H2,1H3,(H,26,27). The van der Waals surface area contributed by atoms with Crippen molar-refractivity contribution in [1.82, 2.24) is 24.8 Å². The number of likely N-dealkylation sites (tertiary alicyclic amines) is 1.